The number of Topliss-reactive ketones (excluding diaryl/α,β-unsaturated/α-hetero) is 1. The van der Waals surface area contributed by atoms with Gasteiger partial charge in [0.05, 0.1) is 11.6 Å². The Labute approximate surface area is 145 Å². The normalized spacial score (nSPS) is 19.8. The van der Waals surface area contributed by atoms with Crippen LogP contribution in [0.3, 0.4) is 0 Å². The van der Waals surface area contributed by atoms with Crippen LogP contribution in [-0.4, -0.2) is 15.8 Å². The van der Waals surface area contributed by atoms with Gasteiger partial charge in [-0.25, -0.2) is 4.79 Å². The molecule has 1 aliphatic carbocycles. The molecule has 0 radical (unpaired) electrons. The van der Waals surface area contributed by atoms with E-state index in [9.17, 15) is 19.6 Å². The van der Waals surface area contributed by atoms with Crippen LogP contribution >= 0.6 is 0 Å². The lowest BCUT2D eigenvalue weighted by Crippen LogP contribution is -2.44. The standard InChI is InChI=1S/C19H9N3O4/c20-7-10-8-26-17-14(16(24)21-18(25)22-17)19(10)12-6-2-4-9-3-1-5-11(13(9)12)15(19)23/h1-6,8H,(H2,21,22,24,25). The van der Waals surface area contributed by atoms with Crippen molar-refractivity contribution in [3.8, 4) is 11.9 Å². The quantitative estimate of drug-likeness (QED) is 0.642. The highest BCUT2D eigenvalue weighted by Crippen LogP contribution is 2.52. The maximum atomic E-state index is 13.5. The molecule has 0 bridgehead atoms. The number of aromatic amines is 2. The summed E-state index contributed by atoms with van der Waals surface area (Å²) >= 11 is 0. The maximum absolute atomic E-state index is 13.5. The number of nitriles is 1. The summed E-state index contributed by atoms with van der Waals surface area (Å²) in [4.78, 5) is 42.4. The number of H-pyrrole nitrogens is 2. The van der Waals surface area contributed by atoms with Gasteiger partial charge in [-0.15, -0.1) is 0 Å². The number of nitrogens with one attached hydrogen (secondary N) is 2. The van der Waals surface area contributed by atoms with Crippen molar-refractivity contribution in [2.45, 2.75) is 5.41 Å². The first-order valence-electron chi connectivity index (χ1n) is 7.80. The summed E-state index contributed by atoms with van der Waals surface area (Å²) in [6, 6.07) is 12.6. The lowest BCUT2D eigenvalue weighted by Gasteiger charge is -2.31. The third kappa shape index (κ3) is 1.45. The summed E-state index contributed by atoms with van der Waals surface area (Å²) in [5.41, 5.74) is -2.27. The van der Waals surface area contributed by atoms with Gasteiger partial charge in [-0.2, -0.15) is 5.26 Å². The van der Waals surface area contributed by atoms with Crippen LogP contribution < -0.4 is 16.0 Å². The predicted molar refractivity (Wildman–Crippen MR) is 91.1 cm³/mol. The molecule has 2 heterocycles. The summed E-state index contributed by atoms with van der Waals surface area (Å²) in [5.74, 6) is -0.518. The van der Waals surface area contributed by atoms with E-state index in [-0.39, 0.29) is 22.8 Å². The summed E-state index contributed by atoms with van der Waals surface area (Å²) in [6.45, 7) is 0. The van der Waals surface area contributed by atoms with Crippen LogP contribution in [0.2, 0.25) is 0 Å². The molecule has 3 aromatic rings. The molecule has 124 valence electrons. The van der Waals surface area contributed by atoms with E-state index < -0.39 is 16.7 Å². The number of carbonyl (C=O) groups is 1. The zero-order valence-electron chi connectivity index (χ0n) is 13.1. The third-order valence-corrected chi connectivity index (χ3v) is 5.00. The molecule has 7 heteroatoms. The Bertz CT molecular complexity index is 1330. The molecule has 2 N–H and O–H groups in total. The minimum Gasteiger partial charge on any atom is -0.447 e. The highest BCUT2D eigenvalue weighted by molar-refractivity contribution is 6.24. The average Bonchev–Trinajstić information content (AvgIpc) is 2.88. The number of rotatable bonds is 0. The number of fused-ring (bicyclic) bond motifs is 3. The predicted octanol–water partition coefficient (Wildman–Crippen LogP) is 1.50. The Morgan fingerprint density at radius 2 is 1.81 bits per heavy atom. The van der Waals surface area contributed by atoms with Gasteiger partial charge in [0.15, 0.2) is 5.78 Å². The summed E-state index contributed by atoms with van der Waals surface area (Å²) in [5, 5.41) is 11.2. The average molecular weight is 343 g/mol. The Balaban J connectivity index is 2.04. The first kappa shape index (κ1) is 14.4. The number of hydrogen-bond acceptors (Lipinski definition) is 5. The highest BCUT2D eigenvalue weighted by atomic mass is 16.5. The van der Waals surface area contributed by atoms with Gasteiger partial charge in [0.2, 0.25) is 5.88 Å². The number of nitrogens with zero attached hydrogens (tertiary/aromatic N) is 1. The molecular formula is C19H9N3O4. The maximum Gasteiger partial charge on any atom is 0.328 e. The zero-order valence-corrected chi connectivity index (χ0v) is 13.1. The van der Waals surface area contributed by atoms with Gasteiger partial charge in [-0.1, -0.05) is 36.4 Å². The number of aromatic nitrogens is 2. The van der Waals surface area contributed by atoms with Crippen molar-refractivity contribution >= 4 is 16.6 Å². The van der Waals surface area contributed by atoms with Crippen LogP contribution in [0.15, 0.2) is 57.8 Å². The van der Waals surface area contributed by atoms with Crippen molar-refractivity contribution in [2.75, 3.05) is 0 Å². The number of carbonyl (C=O) groups excluding carboxylic acids is 1. The molecule has 5 rings (SSSR count). The lowest BCUT2D eigenvalue weighted by atomic mass is 9.69. The van der Waals surface area contributed by atoms with Crippen LogP contribution in [-0.2, 0) is 5.41 Å². The summed E-state index contributed by atoms with van der Waals surface area (Å²) in [6.07, 6.45) is 1.13. The van der Waals surface area contributed by atoms with Gasteiger partial charge in [0.25, 0.3) is 5.56 Å². The van der Waals surface area contributed by atoms with Crippen molar-refractivity contribution in [3.05, 3.63) is 85.8 Å². The molecule has 0 saturated heterocycles. The Morgan fingerprint density at radius 1 is 1.04 bits per heavy atom. The Morgan fingerprint density at radius 3 is 2.58 bits per heavy atom. The van der Waals surface area contributed by atoms with Gasteiger partial charge in [-0.05, 0) is 16.3 Å². The third-order valence-electron chi connectivity index (χ3n) is 5.00. The fourth-order valence-corrected chi connectivity index (χ4v) is 4.03. The van der Waals surface area contributed by atoms with E-state index >= 15 is 0 Å². The van der Waals surface area contributed by atoms with Crippen LogP contribution in [0, 0.1) is 11.3 Å². The molecule has 0 amide bonds. The summed E-state index contributed by atoms with van der Waals surface area (Å²) < 4.78 is 5.31. The number of benzene rings is 2. The number of allylic oxidation sites excluding steroid dienone is 1. The first-order valence-corrected chi connectivity index (χ1v) is 7.80. The van der Waals surface area contributed by atoms with Gasteiger partial charge in [0.1, 0.15) is 17.2 Å². The van der Waals surface area contributed by atoms with Gasteiger partial charge in [-0.3, -0.25) is 19.6 Å². The molecule has 0 fully saturated rings. The fraction of sp³-hybridized carbons (Fsp3) is 0.0526. The number of ether oxygens (including phenoxy) is 1. The van der Waals surface area contributed by atoms with Gasteiger partial charge in [0, 0.05) is 5.56 Å². The second-order valence-corrected chi connectivity index (χ2v) is 6.16. The molecule has 0 saturated carbocycles. The van der Waals surface area contributed by atoms with Crippen molar-refractivity contribution in [1.82, 2.24) is 9.97 Å². The van der Waals surface area contributed by atoms with Crippen molar-refractivity contribution in [2.24, 2.45) is 0 Å². The molecule has 2 aliphatic rings. The number of ketones is 1. The van der Waals surface area contributed by atoms with Crippen LogP contribution in [0.1, 0.15) is 21.5 Å². The minimum atomic E-state index is -1.64. The molecule has 1 atom stereocenters. The van der Waals surface area contributed by atoms with Crippen molar-refractivity contribution in [3.63, 3.8) is 0 Å². The fourth-order valence-electron chi connectivity index (χ4n) is 4.03. The van der Waals surface area contributed by atoms with Gasteiger partial charge < -0.3 is 4.74 Å². The van der Waals surface area contributed by atoms with Gasteiger partial charge >= 0.3 is 5.69 Å². The number of hydrogen-bond donors (Lipinski definition) is 2. The van der Waals surface area contributed by atoms with E-state index in [1.54, 1.807) is 24.3 Å². The van der Waals surface area contributed by atoms with Crippen LogP contribution in [0.5, 0.6) is 5.88 Å². The van der Waals surface area contributed by atoms with Crippen LogP contribution in [0.25, 0.3) is 10.8 Å². The van der Waals surface area contributed by atoms with Crippen LogP contribution in [0.4, 0.5) is 0 Å². The monoisotopic (exact) mass is 343 g/mol. The SMILES string of the molecule is N#CC1=COc2[nH]c(=O)[nH]c(=O)c2C12C(=O)c1cccc3cccc2c13. The van der Waals surface area contributed by atoms with E-state index in [0.717, 1.165) is 11.6 Å². The molecule has 2 aromatic carbocycles. The summed E-state index contributed by atoms with van der Waals surface area (Å²) in [7, 11) is 0. The Kier molecular flexibility index (Phi) is 2.54. The lowest BCUT2D eigenvalue weighted by molar-refractivity contribution is 0.0937. The molecular weight excluding hydrogens is 334 g/mol. The molecule has 1 aromatic heterocycles. The van der Waals surface area contributed by atoms with E-state index in [4.69, 9.17) is 4.74 Å². The van der Waals surface area contributed by atoms with E-state index in [2.05, 4.69) is 9.97 Å². The molecule has 1 aliphatic heterocycles. The van der Waals surface area contributed by atoms with Crippen molar-refractivity contribution in [1.29, 1.82) is 5.26 Å². The largest absolute Gasteiger partial charge is 0.447 e. The first-order chi connectivity index (χ1) is 12.6. The second kappa shape index (κ2) is 4.58. The molecule has 1 unspecified atom stereocenters. The van der Waals surface area contributed by atoms with Crippen molar-refractivity contribution < 1.29 is 9.53 Å². The Hall–Kier alpha value is -3.92. The smallest absolute Gasteiger partial charge is 0.328 e. The van der Waals surface area contributed by atoms with E-state index in [1.807, 2.05) is 18.2 Å². The van der Waals surface area contributed by atoms with E-state index in [0.29, 0.717) is 16.5 Å². The van der Waals surface area contributed by atoms with E-state index in [1.165, 1.54) is 0 Å². The topological polar surface area (TPSA) is 116 Å². The minimum absolute atomic E-state index is 0.00347. The molecule has 1 spiro atoms. The zero-order chi connectivity index (χ0) is 18.1. The molecule has 7 nitrogen and oxygen atoms in total. The molecule has 26 heavy (non-hydrogen) atoms. The second-order valence-electron chi connectivity index (χ2n) is 6.16. The highest BCUT2D eigenvalue weighted by Gasteiger charge is 2.56.